The first-order valence-corrected chi connectivity index (χ1v) is 3.54. The molecular weight excluding hydrogens is 138 g/mol. The van der Waals surface area contributed by atoms with Gasteiger partial charge in [-0.05, 0) is 12.3 Å². The molecular formula is C8H9N3. The normalized spacial score (nSPS) is 26.1. The van der Waals surface area contributed by atoms with E-state index in [1.807, 2.05) is 0 Å². The third-order valence-electron chi connectivity index (χ3n) is 1.79. The van der Waals surface area contributed by atoms with E-state index in [0.717, 1.165) is 6.42 Å². The zero-order valence-electron chi connectivity index (χ0n) is 6.33. The molecule has 2 unspecified atom stereocenters. The minimum atomic E-state index is 0.143. The number of rotatable bonds is 2. The third kappa shape index (κ3) is 1.98. The van der Waals surface area contributed by atoms with Crippen LogP contribution in [0, 0.1) is 28.6 Å². The predicted molar refractivity (Wildman–Crippen MR) is 40.0 cm³/mol. The van der Waals surface area contributed by atoms with Crippen LogP contribution in [0.1, 0.15) is 13.3 Å². The van der Waals surface area contributed by atoms with E-state index in [1.54, 1.807) is 12.1 Å². The Balaban J connectivity index is 2.36. The molecule has 1 saturated carbocycles. The Kier molecular flexibility index (Phi) is 2.13. The molecule has 0 spiro atoms. The van der Waals surface area contributed by atoms with Crippen LogP contribution in [-0.4, -0.2) is 6.04 Å². The standard InChI is InChI=1S/C8H9N3/c1-6-2-8(6)11-5-7(3-9)4-10/h5-6,8,11H,2H2,1H3. The number of hydrogen-bond acceptors (Lipinski definition) is 3. The summed E-state index contributed by atoms with van der Waals surface area (Å²) in [6.07, 6.45) is 2.63. The van der Waals surface area contributed by atoms with Gasteiger partial charge in [0.15, 0.2) is 0 Å². The van der Waals surface area contributed by atoms with Crippen LogP contribution in [-0.2, 0) is 0 Å². The second-order valence-electron chi connectivity index (χ2n) is 2.77. The molecule has 0 amide bonds. The minimum absolute atomic E-state index is 0.143. The van der Waals surface area contributed by atoms with E-state index in [2.05, 4.69) is 12.2 Å². The van der Waals surface area contributed by atoms with Gasteiger partial charge < -0.3 is 5.32 Å². The maximum absolute atomic E-state index is 8.34. The summed E-state index contributed by atoms with van der Waals surface area (Å²) in [7, 11) is 0. The van der Waals surface area contributed by atoms with Crippen molar-refractivity contribution in [2.45, 2.75) is 19.4 Å². The molecule has 1 fully saturated rings. The van der Waals surface area contributed by atoms with Crippen molar-refractivity contribution in [2.24, 2.45) is 5.92 Å². The first-order valence-electron chi connectivity index (χ1n) is 3.54. The van der Waals surface area contributed by atoms with Crippen molar-refractivity contribution < 1.29 is 0 Å². The van der Waals surface area contributed by atoms with Crippen molar-refractivity contribution in [2.75, 3.05) is 0 Å². The molecule has 1 N–H and O–H groups in total. The molecule has 0 saturated heterocycles. The van der Waals surface area contributed by atoms with Crippen molar-refractivity contribution in [1.29, 1.82) is 10.5 Å². The Morgan fingerprint density at radius 1 is 1.55 bits per heavy atom. The molecule has 1 rings (SSSR count). The van der Waals surface area contributed by atoms with E-state index in [0.29, 0.717) is 12.0 Å². The molecule has 0 aromatic heterocycles. The molecule has 1 aliphatic rings. The largest absolute Gasteiger partial charge is 0.386 e. The molecule has 0 aliphatic heterocycles. The highest BCUT2D eigenvalue weighted by molar-refractivity contribution is 5.34. The first-order chi connectivity index (χ1) is 5.27. The summed E-state index contributed by atoms with van der Waals surface area (Å²) >= 11 is 0. The monoisotopic (exact) mass is 147 g/mol. The maximum atomic E-state index is 8.34. The summed E-state index contributed by atoms with van der Waals surface area (Å²) in [5.74, 6) is 0.685. The van der Waals surface area contributed by atoms with Crippen LogP contribution < -0.4 is 5.32 Å². The molecule has 56 valence electrons. The van der Waals surface area contributed by atoms with Gasteiger partial charge in [0.25, 0.3) is 0 Å². The van der Waals surface area contributed by atoms with Crippen molar-refractivity contribution in [3.05, 3.63) is 11.8 Å². The average Bonchev–Trinajstić information content (AvgIpc) is 2.69. The van der Waals surface area contributed by atoms with E-state index in [9.17, 15) is 0 Å². The predicted octanol–water partition coefficient (Wildman–Crippen LogP) is 0.915. The van der Waals surface area contributed by atoms with Gasteiger partial charge in [-0.1, -0.05) is 6.92 Å². The highest BCUT2D eigenvalue weighted by Crippen LogP contribution is 2.28. The Hall–Kier alpha value is -1.48. The van der Waals surface area contributed by atoms with E-state index < -0.39 is 0 Å². The molecule has 0 aromatic carbocycles. The number of nitrogens with one attached hydrogen (secondary N) is 1. The molecule has 0 aromatic rings. The summed E-state index contributed by atoms with van der Waals surface area (Å²) in [4.78, 5) is 0. The lowest BCUT2D eigenvalue weighted by molar-refractivity contribution is 0.782. The maximum Gasteiger partial charge on any atom is 0.145 e. The van der Waals surface area contributed by atoms with Gasteiger partial charge in [-0.3, -0.25) is 0 Å². The number of hydrogen-bond donors (Lipinski definition) is 1. The fourth-order valence-corrected chi connectivity index (χ4v) is 0.834. The lowest BCUT2D eigenvalue weighted by Gasteiger charge is -1.93. The highest BCUT2D eigenvalue weighted by atomic mass is 14.9. The summed E-state index contributed by atoms with van der Waals surface area (Å²) in [6, 6.07) is 4.05. The van der Waals surface area contributed by atoms with Crippen LogP contribution >= 0.6 is 0 Å². The van der Waals surface area contributed by atoms with Crippen molar-refractivity contribution >= 4 is 0 Å². The topological polar surface area (TPSA) is 59.6 Å². The van der Waals surface area contributed by atoms with Crippen LogP contribution in [0.3, 0.4) is 0 Å². The summed E-state index contributed by atoms with van der Waals surface area (Å²) in [6.45, 7) is 2.13. The SMILES string of the molecule is CC1CC1NC=C(C#N)C#N. The summed E-state index contributed by atoms with van der Waals surface area (Å²) in [5.41, 5.74) is 0.143. The van der Waals surface area contributed by atoms with Gasteiger partial charge in [0.1, 0.15) is 17.7 Å². The number of nitriles is 2. The second-order valence-corrected chi connectivity index (χ2v) is 2.77. The zero-order valence-corrected chi connectivity index (χ0v) is 6.33. The minimum Gasteiger partial charge on any atom is -0.386 e. The smallest absolute Gasteiger partial charge is 0.145 e. The summed E-state index contributed by atoms with van der Waals surface area (Å²) in [5, 5.41) is 19.7. The molecule has 1 aliphatic carbocycles. The van der Waals surface area contributed by atoms with Crippen molar-refractivity contribution in [1.82, 2.24) is 5.32 Å². The van der Waals surface area contributed by atoms with Crippen LogP contribution in [0.15, 0.2) is 11.8 Å². The van der Waals surface area contributed by atoms with Gasteiger partial charge in [0, 0.05) is 12.2 Å². The van der Waals surface area contributed by atoms with Gasteiger partial charge in [0.2, 0.25) is 0 Å². The van der Waals surface area contributed by atoms with Crippen LogP contribution in [0.5, 0.6) is 0 Å². The fraction of sp³-hybridized carbons (Fsp3) is 0.500. The van der Waals surface area contributed by atoms with Gasteiger partial charge in [-0.25, -0.2) is 0 Å². The lowest BCUT2D eigenvalue weighted by atomic mass is 10.3. The third-order valence-corrected chi connectivity index (χ3v) is 1.79. The first kappa shape index (κ1) is 7.63. The molecule has 3 heteroatoms. The molecule has 0 radical (unpaired) electrons. The molecule has 3 nitrogen and oxygen atoms in total. The Morgan fingerprint density at radius 2 is 2.09 bits per heavy atom. The van der Waals surface area contributed by atoms with Crippen LogP contribution in [0.4, 0.5) is 0 Å². The highest BCUT2D eigenvalue weighted by Gasteiger charge is 2.31. The van der Waals surface area contributed by atoms with E-state index in [1.165, 1.54) is 6.20 Å². The Morgan fingerprint density at radius 3 is 2.45 bits per heavy atom. The quantitative estimate of drug-likeness (QED) is 0.591. The van der Waals surface area contributed by atoms with Crippen molar-refractivity contribution in [3.63, 3.8) is 0 Å². The molecule has 2 atom stereocenters. The number of allylic oxidation sites excluding steroid dienone is 1. The molecule has 0 heterocycles. The van der Waals surface area contributed by atoms with Gasteiger partial charge in [-0.15, -0.1) is 0 Å². The second kappa shape index (κ2) is 3.07. The summed E-state index contributed by atoms with van der Waals surface area (Å²) < 4.78 is 0. The van der Waals surface area contributed by atoms with E-state index >= 15 is 0 Å². The Labute approximate surface area is 65.9 Å². The average molecular weight is 147 g/mol. The van der Waals surface area contributed by atoms with E-state index in [4.69, 9.17) is 10.5 Å². The van der Waals surface area contributed by atoms with Crippen LogP contribution in [0.25, 0.3) is 0 Å². The van der Waals surface area contributed by atoms with Crippen LogP contribution in [0.2, 0.25) is 0 Å². The molecule has 0 bridgehead atoms. The van der Waals surface area contributed by atoms with Gasteiger partial charge >= 0.3 is 0 Å². The van der Waals surface area contributed by atoms with Crippen molar-refractivity contribution in [3.8, 4) is 12.1 Å². The lowest BCUT2D eigenvalue weighted by Crippen LogP contribution is -2.09. The fourth-order valence-electron chi connectivity index (χ4n) is 0.834. The number of nitrogens with zero attached hydrogens (tertiary/aromatic N) is 2. The van der Waals surface area contributed by atoms with Gasteiger partial charge in [-0.2, -0.15) is 10.5 Å². The van der Waals surface area contributed by atoms with Gasteiger partial charge in [0.05, 0.1) is 0 Å². The van der Waals surface area contributed by atoms with E-state index in [-0.39, 0.29) is 5.57 Å². The molecule has 11 heavy (non-hydrogen) atoms. The zero-order chi connectivity index (χ0) is 8.27. The Bertz CT molecular complexity index is 237.